The van der Waals surface area contributed by atoms with Crippen LogP contribution in [0.3, 0.4) is 0 Å². The predicted molar refractivity (Wildman–Crippen MR) is 123 cm³/mol. The number of methoxy groups -OCH3 is 1. The third kappa shape index (κ3) is 7.43. The molecule has 0 saturated carbocycles. The maximum atomic E-state index is 12.8. The van der Waals surface area contributed by atoms with Gasteiger partial charge in [-0.05, 0) is 54.8 Å². The zero-order chi connectivity index (χ0) is 22.9. The molecule has 0 aliphatic rings. The summed E-state index contributed by atoms with van der Waals surface area (Å²) >= 11 is 5.83. The Balaban J connectivity index is 2.07. The molecule has 0 unspecified atom stereocenters. The monoisotopic (exact) mass is 467 g/mol. The van der Waals surface area contributed by atoms with Crippen molar-refractivity contribution in [2.75, 3.05) is 26.0 Å². The number of amides is 1. The van der Waals surface area contributed by atoms with Crippen molar-refractivity contribution >= 4 is 27.3 Å². The van der Waals surface area contributed by atoms with Gasteiger partial charge in [-0.25, -0.2) is 8.42 Å². The van der Waals surface area contributed by atoms with E-state index >= 15 is 0 Å². The molecule has 8 heteroatoms. The third-order valence-corrected chi connectivity index (χ3v) is 6.65. The Morgan fingerprint density at radius 1 is 1.03 bits per heavy atom. The molecular weight excluding hydrogens is 438 g/mol. The molecule has 2 aromatic rings. The Hall–Kier alpha value is -2.25. The largest absolute Gasteiger partial charge is 0.493 e. The van der Waals surface area contributed by atoms with Crippen LogP contribution in [0.5, 0.6) is 11.5 Å². The van der Waals surface area contributed by atoms with Crippen LogP contribution in [0.25, 0.3) is 0 Å². The lowest BCUT2D eigenvalue weighted by Gasteiger charge is -2.23. The lowest BCUT2D eigenvalue weighted by atomic mass is 10.1. The number of halogens is 1. The summed E-state index contributed by atoms with van der Waals surface area (Å²) in [6.07, 6.45) is 1.58. The molecule has 1 amide bonds. The van der Waals surface area contributed by atoms with Crippen molar-refractivity contribution in [2.24, 2.45) is 0 Å². The van der Waals surface area contributed by atoms with Gasteiger partial charge in [-0.15, -0.1) is 0 Å². The molecule has 170 valence electrons. The van der Waals surface area contributed by atoms with E-state index in [-0.39, 0.29) is 23.0 Å². The van der Waals surface area contributed by atoms with E-state index in [1.807, 2.05) is 32.0 Å². The zero-order valence-corrected chi connectivity index (χ0v) is 19.8. The molecule has 0 N–H and O–H groups in total. The lowest BCUT2D eigenvalue weighted by molar-refractivity contribution is -0.131. The Morgan fingerprint density at radius 3 is 2.35 bits per heavy atom. The summed E-state index contributed by atoms with van der Waals surface area (Å²) in [5, 5.41) is 0.464. The van der Waals surface area contributed by atoms with Crippen LogP contribution in [-0.2, 0) is 21.2 Å². The van der Waals surface area contributed by atoms with Crippen LogP contribution >= 0.6 is 11.6 Å². The van der Waals surface area contributed by atoms with Gasteiger partial charge in [0.25, 0.3) is 0 Å². The highest BCUT2D eigenvalue weighted by atomic mass is 35.5. The van der Waals surface area contributed by atoms with Crippen LogP contribution in [0, 0.1) is 0 Å². The summed E-state index contributed by atoms with van der Waals surface area (Å²) in [5.74, 6) is 0.821. The Labute approximate surface area is 190 Å². The first-order valence-electron chi connectivity index (χ1n) is 10.4. The highest BCUT2D eigenvalue weighted by Crippen LogP contribution is 2.29. The number of hydrogen-bond acceptors (Lipinski definition) is 5. The molecule has 2 rings (SSSR count). The normalized spacial score (nSPS) is 11.2. The van der Waals surface area contributed by atoms with Crippen molar-refractivity contribution in [3.8, 4) is 11.5 Å². The quantitative estimate of drug-likeness (QED) is 0.450. The van der Waals surface area contributed by atoms with Gasteiger partial charge in [-0.3, -0.25) is 4.79 Å². The van der Waals surface area contributed by atoms with Crippen LogP contribution in [0.15, 0.2) is 47.4 Å². The van der Waals surface area contributed by atoms with Gasteiger partial charge in [0, 0.05) is 24.5 Å². The zero-order valence-electron chi connectivity index (χ0n) is 18.3. The van der Waals surface area contributed by atoms with Crippen LogP contribution in [-0.4, -0.2) is 45.2 Å². The number of sulfone groups is 1. The highest BCUT2D eigenvalue weighted by Gasteiger charge is 2.20. The predicted octanol–water partition coefficient (Wildman–Crippen LogP) is 4.74. The molecule has 0 spiro atoms. The molecule has 2 aromatic carbocycles. The second-order valence-electron chi connectivity index (χ2n) is 7.17. The minimum absolute atomic E-state index is 0.0835. The topological polar surface area (TPSA) is 72.9 Å². The van der Waals surface area contributed by atoms with Crippen molar-refractivity contribution in [2.45, 2.75) is 44.6 Å². The van der Waals surface area contributed by atoms with E-state index in [1.54, 1.807) is 12.0 Å². The maximum absolute atomic E-state index is 12.8. The first-order valence-corrected chi connectivity index (χ1v) is 12.4. The second kappa shape index (κ2) is 12.0. The fourth-order valence-electron chi connectivity index (χ4n) is 3.06. The van der Waals surface area contributed by atoms with Crippen molar-refractivity contribution in [1.29, 1.82) is 0 Å². The number of hydrogen-bond donors (Lipinski definition) is 0. The Bertz CT molecular complexity index is 960. The summed E-state index contributed by atoms with van der Waals surface area (Å²) in [6, 6.07) is 11.6. The first kappa shape index (κ1) is 25.0. The third-order valence-electron chi connectivity index (χ3n) is 4.67. The van der Waals surface area contributed by atoms with Crippen LogP contribution in [0.2, 0.25) is 5.02 Å². The van der Waals surface area contributed by atoms with Crippen molar-refractivity contribution < 1.29 is 22.7 Å². The molecule has 0 bridgehead atoms. The number of carbonyl (C=O) groups is 1. The van der Waals surface area contributed by atoms with Gasteiger partial charge < -0.3 is 14.4 Å². The average molecular weight is 468 g/mol. The SMILES string of the molecule is CCCOc1ccc(CN(CCC)C(=O)CCS(=O)(=O)c2ccc(Cl)cc2)cc1OC. The summed E-state index contributed by atoms with van der Waals surface area (Å²) in [5.41, 5.74) is 0.892. The van der Waals surface area contributed by atoms with Crippen LogP contribution in [0.4, 0.5) is 0 Å². The number of rotatable bonds is 12. The average Bonchev–Trinajstić information content (AvgIpc) is 2.76. The van der Waals surface area contributed by atoms with Gasteiger partial charge in [-0.2, -0.15) is 0 Å². The molecule has 0 aliphatic heterocycles. The molecule has 0 heterocycles. The second-order valence-corrected chi connectivity index (χ2v) is 9.72. The molecule has 0 fully saturated rings. The Morgan fingerprint density at radius 2 is 1.74 bits per heavy atom. The number of ether oxygens (including phenoxy) is 2. The molecule has 6 nitrogen and oxygen atoms in total. The van der Waals surface area contributed by atoms with E-state index in [1.165, 1.54) is 24.3 Å². The summed E-state index contributed by atoms with van der Waals surface area (Å²) in [7, 11) is -1.98. The fraction of sp³-hybridized carbons (Fsp3) is 0.435. The van der Waals surface area contributed by atoms with Gasteiger partial charge in [0.05, 0.1) is 24.4 Å². The Kier molecular flexibility index (Phi) is 9.65. The van der Waals surface area contributed by atoms with E-state index in [9.17, 15) is 13.2 Å². The van der Waals surface area contributed by atoms with E-state index in [2.05, 4.69) is 0 Å². The molecule has 0 aliphatic carbocycles. The molecular formula is C23H30ClNO5S. The van der Waals surface area contributed by atoms with E-state index in [4.69, 9.17) is 21.1 Å². The standard InChI is InChI=1S/C23H30ClNO5S/c1-4-13-25(17-18-6-11-21(30-14-5-2)22(16-18)29-3)23(26)12-15-31(27,28)20-9-7-19(24)8-10-20/h6-11,16H,4-5,12-15,17H2,1-3H3. The summed E-state index contributed by atoms with van der Waals surface area (Å²) < 4.78 is 36.2. The molecule has 0 atom stereocenters. The smallest absolute Gasteiger partial charge is 0.223 e. The van der Waals surface area contributed by atoms with E-state index in [0.29, 0.717) is 36.2 Å². The minimum atomic E-state index is -3.56. The highest BCUT2D eigenvalue weighted by molar-refractivity contribution is 7.91. The van der Waals surface area contributed by atoms with E-state index in [0.717, 1.165) is 18.4 Å². The number of carbonyl (C=O) groups excluding carboxylic acids is 1. The number of nitrogens with zero attached hydrogens (tertiary/aromatic N) is 1. The van der Waals surface area contributed by atoms with Gasteiger partial charge >= 0.3 is 0 Å². The lowest BCUT2D eigenvalue weighted by Crippen LogP contribution is -2.32. The first-order chi connectivity index (χ1) is 14.8. The van der Waals surface area contributed by atoms with Crippen LogP contribution in [0.1, 0.15) is 38.7 Å². The molecule has 0 radical (unpaired) electrons. The van der Waals surface area contributed by atoms with Crippen molar-refractivity contribution in [3.05, 3.63) is 53.1 Å². The summed E-state index contributed by atoms with van der Waals surface area (Å²) in [6.45, 7) is 5.52. The fourth-order valence-corrected chi connectivity index (χ4v) is 4.42. The molecule has 0 aromatic heterocycles. The number of benzene rings is 2. The van der Waals surface area contributed by atoms with Gasteiger partial charge in [0.2, 0.25) is 5.91 Å². The molecule has 0 saturated heterocycles. The maximum Gasteiger partial charge on any atom is 0.223 e. The van der Waals surface area contributed by atoms with Gasteiger partial charge in [0.1, 0.15) is 0 Å². The van der Waals surface area contributed by atoms with E-state index < -0.39 is 9.84 Å². The van der Waals surface area contributed by atoms with Gasteiger partial charge in [0.15, 0.2) is 21.3 Å². The van der Waals surface area contributed by atoms with Crippen molar-refractivity contribution in [1.82, 2.24) is 4.90 Å². The molecule has 31 heavy (non-hydrogen) atoms. The van der Waals surface area contributed by atoms with Crippen molar-refractivity contribution in [3.63, 3.8) is 0 Å². The van der Waals surface area contributed by atoms with Gasteiger partial charge in [-0.1, -0.05) is 31.5 Å². The van der Waals surface area contributed by atoms with Crippen LogP contribution < -0.4 is 9.47 Å². The minimum Gasteiger partial charge on any atom is -0.493 e. The summed E-state index contributed by atoms with van der Waals surface area (Å²) in [4.78, 5) is 14.7.